The first-order chi connectivity index (χ1) is 11.6. The summed E-state index contributed by atoms with van der Waals surface area (Å²) in [5, 5.41) is 2.86. The van der Waals surface area contributed by atoms with Crippen LogP contribution >= 0.6 is 0 Å². The maximum atomic E-state index is 12.3. The van der Waals surface area contributed by atoms with E-state index in [1.54, 1.807) is 11.6 Å². The highest BCUT2D eigenvalue weighted by atomic mass is 16.5. The lowest BCUT2D eigenvalue weighted by molar-refractivity contribution is 0.0941. The highest BCUT2D eigenvalue weighted by molar-refractivity contribution is 5.92. The van der Waals surface area contributed by atoms with Gasteiger partial charge in [-0.2, -0.15) is 0 Å². The Bertz CT molecular complexity index is 789. The number of nitrogens with zero attached hydrogens (tertiary/aromatic N) is 1. The number of hydrogen-bond donors (Lipinski definition) is 1. The van der Waals surface area contributed by atoms with Gasteiger partial charge in [0.1, 0.15) is 5.69 Å². The molecule has 0 atom stereocenters. The Balaban J connectivity index is 1.65. The molecular formula is C19H22N2O3. The third-order valence-corrected chi connectivity index (χ3v) is 4.66. The number of nitrogens with one attached hydrogen (secondary N) is 1. The number of carbonyl (C=O) groups is 1. The topological polar surface area (TPSA) is 60.3 Å². The van der Waals surface area contributed by atoms with Crippen molar-refractivity contribution < 1.29 is 9.53 Å². The molecule has 0 radical (unpaired) electrons. The van der Waals surface area contributed by atoms with E-state index in [4.69, 9.17) is 4.74 Å². The van der Waals surface area contributed by atoms with Gasteiger partial charge >= 0.3 is 0 Å². The Morgan fingerprint density at radius 3 is 2.58 bits per heavy atom. The minimum Gasteiger partial charge on any atom is -0.491 e. The van der Waals surface area contributed by atoms with E-state index in [2.05, 4.69) is 29.6 Å². The zero-order chi connectivity index (χ0) is 17.1. The number of rotatable bonds is 5. The summed E-state index contributed by atoms with van der Waals surface area (Å²) in [5.41, 5.74) is 2.44. The van der Waals surface area contributed by atoms with Gasteiger partial charge in [0.25, 0.3) is 5.91 Å². The quantitative estimate of drug-likeness (QED) is 0.919. The van der Waals surface area contributed by atoms with E-state index in [1.807, 2.05) is 0 Å². The van der Waals surface area contributed by atoms with Crippen LogP contribution in [0.5, 0.6) is 5.75 Å². The number of hydrogen-bond acceptors (Lipinski definition) is 3. The Hall–Kier alpha value is -2.56. The van der Waals surface area contributed by atoms with Gasteiger partial charge in [-0.15, -0.1) is 0 Å². The van der Waals surface area contributed by atoms with Gasteiger partial charge in [0.2, 0.25) is 5.43 Å². The first-order valence-electron chi connectivity index (χ1n) is 8.20. The lowest BCUT2D eigenvalue weighted by Crippen LogP contribution is -2.27. The SMILES string of the molecule is COc1cn(C)c(C(=O)NCc2ccc(C3CCC3)cc2)cc1=O. The van der Waals surface area contributed by atoms with Crippen molar-refractivity contribution in [2.75, 3.05) is 7.11 Å². The molecule has 1 aromatic carbocycles. The molecule has 3 rings (SSSR count). The second kappa shape index (κ2) is 6.91. The number of pyridine rings is 1. The third kappa shape index (κ3) is 3.35. The van der Waals surface area contributed by atoms with E-state index >= 15 is 0 Å². The number of benzene rings is 1. The first-order valence-corrected chi connectivity index (χ1v) is 8.20. The van der Waals surface area contributed by atoms with Crippen LogP contribution in [0, 0.1) is 0 Å². The average molecular weight is 326 g/mol. The molecule has 1 aromatic heterocycles. The van der Waals surface area contributed by atoms with Crippen molar-refractivity contribution in [1.29, 1.82) is 0 Å². The summed E-state index contributed by atoms with van der Waals surface area (Å²) in [5.74, 6) is 0.656. The van der Waals surface area contributed by atoms with Crippen LogP contribution in [0.2, 0.25) is 0 Å². The Kier molecular flexibility index (Phi) is 4.69. The molecule has 0 bridgehead atoms. The number of methoxy groups -OCH3 is 1. The number of carbonyl (C=O) groups excluding carboxylic acids is 1. The molecule has 5 nitrogen and oxygen atoms in total. The number of aromatic nitrogens is 1. The molecule has 1 heterocycles. The molecule has 0 unspecified atom stereocenters. The van der Waals surface area contributed by atoms with Crippen molar-refractivity contribution in [2.45, 2.75) is 31.7 Å². The molecule has 126 valence electrons. The molecule has 0 spiro atoms. The molecule has 1 aliphatic carbocycles. The van der Waals surface area contributed by atoms with Crippen LogP contribution in [0.3, 0.4) is 0 Å². The van der Waals surface area contributed by atoms with Gasteiger partial charge in [0.05, 0.1) is 13.3 Å². The van der Waals surface area contributed by atoms with E-state index < -0.39 is 0 Å². The van der Waals surface area contributed by atoms with Crippen molar-refractivity contribution in [1.82, 2.24) is 9.88 Å². The zero-order valence-corrected chi connectivity index (χ0v) is 14.0. The normalized spacial score (nSPS) is 14.1. The third-order valence-electron chi connectivity index (χ3n) is 4.66. The van der Waals surface area contributed by atoms with Crippen LogP contribution in [0.4, 0.5) is 0 Å². The Morgan fingerprint density at radius 1 is 1.29 bits per heavy atom. The summed E-state index contributed by atoms with van der Waals surface area (Å²) < 4.78 is 6.56. The molecule has 2 aromatic rings. The molecular weight excluding hydrogens is 304 g/mol. The molecule has 1 aliphatic rings. The second-order valence-electron chi connectivity index (χ2n) is 6.25. The summed E-state index contributed by atoms with van der Waals surface area (Å²) >= 11 is 0. The maximum absolute atomic E-state index is 12.3. The lowest BCUT2D eigenvalue weighted by Gasteiger charge is -2.25. The molecule has 1 amide bonds. The lowest BCUT2D eigenvalue weighted by atomic mass is 9.80. The minimum atomic E-state index is -0.300. The number of ether oxygens (including phenoxy) is 1. The minimum absolute atomic E-state index is 0.223. The van der Waals surface area contributed by atoms with Gasteiger partial charge in [0, 0.05) is 19.7 Å². The second-order valence-corrected chi connectivity index (χ2v) is 6.25. The van der Waals surface area contributed by atoms with Gasteiger partial charge in [-0.05, 0) is 29.9 Å². The molecule has 1 fully saturated rings. The largest absolute Gasteiger partial charge is 0.491 e. The fraction of sp³-hybridized carbons (Fsp3) is 0.368. The van der Waals surface area contributed by atoms with Gasteiger partial charge in [-0.25, -0.2) is 0 Å². The standard InChI is InChI=1S/C19H22N2O3/c1-21-12-18(24-2)17(22)10-16(21)19(23)20-11-13-6-8-15(9-7-13)14-4-3-5-14/h6-10,12,14H,3-5,11H2,1-2H3,(H,20,23). The van der Waals surface area contributed by atoms with Crippen LogP contribution in [0.25, 0.3) is 0 Å². The van der Waals surface area contributed by atoms with Crippen molar-refractivity contribution in [3.05, 3.63) is 63.6 Å². The number of aryl methyl sites for hydroxylation is 1. The highest BCUT2D eigenvalue weighted by Gasteiger charge is 2.19. The van der Waals surface area contributed by atoms with Crippen molar-refractivity contribution in [2.24, 2.45) is 7.05 Å². The van der Waals surface area contributed by atoms with E-state index in [9.17, 15) is 9.59 Å². The summed E-state index contributed by atoms with van der Waals surface area (Å²) in [7, 11) is 3.15. The summed E-state index contributed by atoms with van der Waals surface area (Å²) in [6, 6.07) is 9.71. The van der Waals surface area contributed by atoms with Crippen molar-refractivity contribution in [3.8, 4) is 5.75 Å². The van der Waals surface area contributed by atoms with Gasteiger partial charge in [-0.3, -0.25) is 9.59 Å². The Morgan fingerprint density at radius 2 is 2.00 bits per heavy atom. The van der Waals surface area contributed by atoms with E-state index in [-0.39, 0.29) is 17.1 Å². The average Bonchev–Trinajstić information content (AvgIpc) is 2.54. The van der Waals surface area contributed by atoms with Gasteiger partial charge < -0.3 is 14.6 Å². The monoisotopic (exact) mass is 326 g/mol. The molecule has 1 saturated carbocycles. The molecule has 5 heteroatoms. The smallest absolute Gasteiger partial charge is 0.268 e. The van der Waals surface area contributed by atoms with E-state index in [0.29, 0.717) is 18.2 Å². The molecule has 0 saturated heterocycles. The molecule has 0 aliphatic heterocycles. The van der Waals surface area contributed by atoms with Crippen LogP contribution < -0.4 is 15.5 Å². The zero-order valence-electron chi connectivity index (χ0n) is 14.0. The summed E-state index contributed by atoms with van der Waals surface area (Å²) in [6.07, 6.45) is 5.40. The molecule has 24 heavy (non-hydrogen) atoms. The van der Waals surface area contributed by atoms with E-state index in [1.165, 1.54) is 44.2 Å². The predicted molar refractivity (Wildman–Crippen MR) is 92.4 cm³/mol. The molecule has 1 N–H and O–H groups in total. The van der Waals surface area contributed by atoms with E-state index in [0.717, 1.165) is 5.56 Å². The summed E-state index contributed by atoms with van der Waals surface area (Å²) in [4.78, 5) is 24.1. The highest BCUT2D eigenvalue weighted by Crippen LogP contribution is 2.36. The van der Waals surface area contributed by atoms with Crippen molar-refractivity contribution >= 4 is 5.91 Å². The fourth-order valence-corrected chi connectivity index (χ4v) is 2.91. The summed E-state index contributed by atoms with van der Waals surface area (Å²) in [6.45, 7) is 0.435. The van der Waals surface area contributed by atoms with Crippen molar-refractivity contribution in [3.63, 3.8) is 0 Å². The van der Waals surface area contributed by atoms with Crippen LogP contribution in [0.15, 0.2) is 41.3 Å². The van der Waals surface area contributed by atoms with Gasteiger partial charge in [0.15, 0.2) is 5.75 Å². The van der Waals surface area contributed by atoms with Crippen LogP contribution in [-0.2, 0) is 13.6 Å². The number of amides is 1. The van der Waals surface area contributed by atoms with Crippen LogP contribution in [-0.4, -0.2) is 17.6 Å². The maximum Gasteiger partial charge on any atom is 0.268 e. The predicted octanol–water partition coefficient (Wildman–Crippen LogP) is 2.59. The van der Waals surface area contributed by atoms with Gasteiger partial charge in [-0.1, -0.05) is 30.7 Å². The fourth-order valence-electron chi connectivity index (χ4n) is 2.91. The van der Waals surface area contributed by atoms with Crippen LogP contribution in [0.1, 0.15) is 46.8 Å². The Labute approximate surface area is 141 Å². The first kappa shape index (κ1) is 16.3.